The van der Waals surface area contributed by atoms with Crippen molar-refractivity contribution in [2.45, 2.75) is 0 Å². The molecule has 114 valence electrons. The first-order valence-corrected chi connectivity index (χ1v) is 7.83. The number of halogens is 2. The number of fused-ring (bicyclic) bond motifs is 1. The van der Waals surface area contributed by atoms with E-state index in [4.69, 9.17) is 5.26 Å². The van der Waals surface area contributed by atoms with Crippen molar-refractivity contribution < 1.29 is 4.39 Å². The Morgan fingerprint density at radius 1 is 1.26 bits per heavy atom. The molecule has 0 spiro atoms. The van der Waals surface area contributed by atoms with E-state index in [-0.39, 0.29) is 5.82 Å². The Kier molecular flexibility index (Phi) is 4.26. The third kappa shape index (κ3) is 2.90. The highest BCUT2D eigenvalue weighted by Crippen LogP contribution is 2.31. The lowest BCUT2D eigenvalue weighted by molar-refractivity contribution is 0.625. The van der Waals surface area contributed by atoms with E-state index in [9.17, 15) is 4.39 Å². The highest BCUT2D eigenvalue weighted by atomic mass is 79.9. The van der Waals surface area contributed by atoms with Gasteiger partial charge in [-0.25, -0.2) is 4.39 Å². The van der Waals surface area contributed by atoms with Gasteiger partial charge in [0.25, 0.3) is 0 Å². The molecule has 1 aliphatic rings. The molecule has 0 fully saturated rings. The number of aliphatic imine (C=N–C) groups is 1. The fourth-order valence-corrected chi connectivity index (χ4v) is 2.96. The van der Waals surface area contributed by atoms with Gasteiger partial charge in [-0.15, -0.1) is 0 Å². The number of likely N-dealkylation sites (N-methyl/N-ethyl adjacent to an activating group) is 1. The lowest BCUT2D eigenvalue weighted by Gasteiger charge is -2.21. The summed E-state index contributed by atoms with van der Waals surface area (Å²) in [5.41, 5.74) is 3.52. The number of hydrogen-bond donors (Lipinski definition) is 0. The molecule has 0 saturated heterocycles. The van der Waals surface area contributed by atoms with Crippen molar-refractivity contribution >= 4 is 27.3 Å². The van der Waals surface area contributed by atoms with Crippen LogP contribution in [0.25, 0.3) is 0 Å². The molecule has 3 nitrogen and oxygen atoms in total. The van der Waals surface area contributed by atoms with Crippen LogP contribution in [-0.2, 0) is 0 Å². The number of benzodiazepines with no additional fused rings is 1. The Hall–Kier alpha value is -2.45. The molecule has 0 aliphatic carbocycles. The summed E-state index contributed by atoms with van der Waals surface area (Å²) in [5.74, 6) is -0.312. The smallest absolute Gasteiger partial charge is 0.132 e. The zero-order valence-electron chi connectivity index (χ0n) is 12.4. The van der Waals surface area contributed by atoms with Crippen LogP contribution < -0.4 is 4.90 Å². The summed E-state index contributed by atoms with van der Waals surface area (Å²) in [6, 6.07) is 14.4. The largest absolute Gasteiger partial charge is 0.345 e. The number of nitriles is 1. The molecule has 0 atom stereocenters. The maximum atomic E-state index is 14.3. The lowest BCUT2D eigenvalue weighted by atomic mass is 10.00. The molecule has 0 bridgehead atoms. The minimum Gasteiger partial charge on any atom is -0.345 e. The van der Waals surface area contributed by atoms with E-state index >= 15 is 0 Å². The molecule has 0 radical (unpaired) electrons. The SMILES string of the molecule is CN1C(=CC#N)CN=C(c2ccccc2F)c2cc(Br)ccc21. The number of anilines is 1. The average Bonchev–Trinajstić information content (AvgIpc) is 2.67. The van der Waals surface area contributed by atoms with E-state index in [0.29, 0.717) is 17.8 Å². The van der Waals surface area contributed by atoms with E-state index in [0.717, 1.165) is 21.4 Å². The molecular formula is C18H13BrFN3. The summed E-state index contributed by atoms with van der Waals surface area (Å²) >= 11 is 3.47. The van der Waals surface area contributed by atoms with Gasteiger partial charge in [0.05, 0.1) is 24.0 Å². The summed E-state index contributed by atoms with van der Waals surface area (Å²) in [7, 11) is 1.88. The maximum absolute atomic E-state index is 14.3. The van der Waals surface area contributed by atoms with Crippen LogP contribution >= 0.6 is 15.9 Å². The molecular weight excluding hydrogens is 357 g/mol. The summed E-state index contributed by atoms with van der Waals surface area (Å²) in [6.07, 6.45) is 1.47. The fraction of sp³-hybridized carbons (Fsp3) is 0.111. The Morgan fingerprint density at radius 3 is 2.78 bits per heavy atom. The highest BCUT2D eigenvalue weighted by Gasteiger charge is 2.22. The van der Waals surface area contributed by atoms with E-state index in [1.807, 2.05) is 36.2 Å². The second kappa shape index (κ2) is 6.35. The molecule has 1 heterocycles. The van der Waals surface area contributed by atoms with Gasteiger partial charge in [-0.05, 0) is 30.3 Å². The predicted octanol–water partition coefficient (Wildman–Crippen LogP) is 4.28. The molecule has 0 N–H and O–H groups in total. The van der Waals surface area contributed by atoms with E-state index in [1.54, 1.807) is 18.2 Å². The third-order valence-corrected chi connectivity index (χ3v) is 4.26. The summed E-state index contributed by atoms with van der Waals surface area (Å²) in [5, 5.41) is 8.98. The van der Waals surface area contributed by atoms with Gasteiger partial charge in [-0.3, -0.25) is 4.99 Å². The molecule has 23 heavy (non-hydrogen) atoms. The molecule has 0 unspecified atom stereocenters. The lowest BCUT2D eigenvalue weighted by Crippen LogP contribution is -2.18. The second-order valence-electron chi connectivity index (χ2n) is 5.13. The molecule has 2 aromatic carbocycles. The molecule has 2 aromatic rings. The van der Waals surface area contributed by atoms with Gasteiger partial charge >= 0.3 is 0 Å². The first-order chi connectivity index (χ1) is 11.1. The van der Waals surface area contributed by atoms with Crippen molar-refractivity contribution in [1.82, 2.24) is 0 Å². The van der Waals surface area contributed by atoms with Gasteiger partial charge < -0.3 is 4.90 Å². The minimum absolute atomic E-state index is 0.312. The number of allylic oxidation sites excluding steroid dienone is 1. The third-order valence-electron chi connectivity index (χ3n) is 3.77. The summed E-state index contributed by atoms with van der Waals surface area (Å²) in [6.45, 7) is 0.319. The topological polar surface area (TPSA) is 39.4 Å². The Morgan fingerprint density at radius 2 is 2.04 bits per heavy atom. The first kappa shape index (κ1) is 15.4. The summed E-state index contributed by atoms with van der Waals surface area (Å²) in [4.78, 5) is 6.50. The molecule has 0 saturated carbocycles. The normalized spacial score (nSPS) is 15.7. The van der Waals surface area contributed by atoms with Gasteiger partial charge in [0.2, 0.25) is 0 Å². The Labute approximate surface area is 142 Å². The van der Waals surface area contributed by atoms with Crippen LogP contribution in [0.3, 0.4) is 0 Å². The Bertz CT molecular complexity index is 865. The number of nitrogens with zero attached hydrogens (tertiary/aromatic N) is 3. The standard InChI is InChI=1S/C18H13BrFN3/c1-23-13(8-9-21)11-22-18(14-4-2-3-5-16(14)20)15-10-12(19)6-7-17(15)23/h2-8,10H,11H2,1H3. The number of benzene rings is 2. The molecule has 1 aliphatic heterocycles. The van der Waals surface area contributed by atoms with Crippen molar-refractivity contribution in [3.63, 3.8) is 0 Å². The van der Waals surface area contributed by atoms with Crippen molar-refractivity contribution in [1.29, 1.82) is 5.26 Å². The number of hydrogen-bond acceptors (Lipinski definition) is 3. The van der Waals surface area contributed by atoms with Crippen LogP contribution in [0.1, 0.15) is 11.1 Å². The van der Waals surface area contributed by atoms with E-state index in [1.165, 1.54) is 12.1 Å². The Balaban J connectivity index is 2.27. The van der Waals surface area contributed by atoms with E-state index < -0.39 is 0 Å². The highest BCUT2D eigenvalue weighted by molar-refractivity contribution is 9.10. The van der Waals surface area contributed by atoms with Gasteiger partial charge in [0.1, 0.15) is 5.82 Å². The van der Waals surface area contributed by atoms with Crippen LogP contribution in [0.5, 0.6) is 0 Å². The number of rotatable bonds is 1. The maximum Gasteiger partial charge on any atom is 0.132 e. The van der Waals surface area contributed by atoms with Crippen molar-refractivity contribution in [3.8, 4) is 6.07 Å². The van der Waals surface area contributed by atoms with Gasteiger partial charge in [-0.1, -0.05) is 28.1 Å². The molecule has 5 heteroatoms. The zero-order valence-corrected chi connectivity index (χ0v) is 14.0. The van der Waals surface area contributed by atoms with Gasteiger partial charge in [0.15, 0.2) is 0 Å². The minimum atomic E-state index is -0.312. The quantitative estimate of drug-likeness (QED) is 0.703. The van der Waals surface area contributed by atoms with E-state index in [2.05, 4.69) is 20.9 Å². The molecule has 3 rings (SSSR count). The average molecular weight is 370 g/mol. The van der Waals surface area contributed by atoms with Crippen LogP contribution in [0, 0.1) is 17.1 Å². The second-order valence-corrected chi connectivity index (χ2v) is 6.05. The predicted molar refractivity (Wildman–Crippen MR) is 93.1 cm³/mol. The monoisotopic (exact) mass is 369 g/mol. The van der Waals surface area contributed by atoms with Gasteiger partial charge in [-0.2, -0.15) is 5.26 Å². The fourth-order valence-electron chi connectivity index (χ4n) is 2.60. The van der Waals surface area contributed by atoms with Crippen molar-refractivity contribution in [2.24, 2.45) is 4.99 Å². The van der Waals surface area contributed by atoms with Crippen LogP contribution in [0.2, 0.25) is 0 Å². The van der Waals surface area contributed by atoms with Crippen LogP contribution in [0.15, 0.2) is 63.7 Å². The first-order valence-electron chi connectivity index (χ1n) is 7.03. The molecule has 0 amide bonds. The van der Waals surface area contributed by atoms with Crippen LogP contribution in [-0.4, -0.2) is 19.3 Å². The molecule has 0 aromatic heterocycles. The van der Waals surface area contributed by atoms with Gasteiger partial charge in [0, 0.05) is 34.4 Å². The summed E-state index contributed by atoms with van der Waals surface area (Å²) < 4.78 is 15.2. The van der Waals surface area contributed by atoms with Crippen LogP contribution in [0.4, 0.5) is 10.1 Å². The van der Waals surface area contributed by atoms with Crippen molar-refractivity contribution in [2.75, 3.05) is 18.5 Å². The van der Waals surface area contributed by atoms with Crippen molar-refractivity contribution in [3.05, 3.63) is 75.7 Å². The zero-order chi connectivity index (χ0) is 16.4.